The van der Waals surface area contributed by atoms with Crippen molar-refractivity contribution in [3.8, 4) is 0 Å². The average Bonchev–Trinajstić information content (AvgIpc) is 2.75. The smallest absolute Gasteiger partial charge is 0.0951 e. The van der Waals surface area contributed by atoms with E-state index >= 15 is 0 Å². The van der Waals surface area contributed by atoms with Crippen molar-refractivity contribution in [3.05, 3.63) is 45.4 Å². The third kappa shape index (κ3) is 3.35. The van der Waals surface area contributed by atoms with E-state index in [0.717, 1.165) is 5.69 Å². The van der Waals surface area contributed by atoms with Crippen molar-refractivity contribution in [2.24, 2.45) is 0 Å². The topological polar surface area (TPSA) is 29.9 Å². The van der Waals surface area contributed by atoms with Gasteiger partial charge in [0.05, 0.1) is 34.3 Å². The van der Waals surface area contributed by atoms with E-state index in [1.165, 1.54) is 0 Å². The molecule has 0 fully saturated rings. The van der Waals surface area contributed by atoms with Crippen LogP contribution in [0, 0.1) is 0 Å². The number of aromatic nitrogens is 2. The molecule has 1 N–H and O–H groups in total. The highest BCUT2D eigenvalue weighted by Crippen LogP contribution is 2.33. The Bertz CT molecular complexity index is 555. The van der Waals surface area contributed by atoms with Crippen LogP contribution in [0.2, 0.25) is 15.1 Å². The minimum absolute atomic E-state index is 0.357. The highest BCUT2D eigenvalue weighted by molar-refractivity contribution is 6.41. The number of nitrogens with one attached hydrogen (secondary N) is 1. The van der Waals surface area contributed by atoms with Gasteiger partial charge in [-0.2, -0.15) is 0 Å². The van der Waals surface area contributed by atoms with Gasteiger partial charge in [-0.1, -0.05) is 34.8 Å². The number of hydrogen-bond acceptors (Lipinski definition) is 2. The van der Waals surface area contributed by atoms with Gasteiger partial charge in [0.15, 0.2) is 0 Å². The Morgan fingerprint density at radius 1 is 1.21 bits per heavy atom. The van der Waals surface area contributed by atoms with Crippen molar-refractivity contribution in [1.82, 2.24) is 9.55 Å². The van der Waals surface area contributed by atoms with E-state index in [4.69, 9.17) is 34.8 Å². The molecule has 1 heterocycles. The van der Waals surface area contributed by atoms with Gasteiger partial charge in [0.25, 0.3) is 0 Å². The van der Waals surface area contributed by atoms with Crippen molar-refractivity contribution >= 4 is 40.5 Å². The molecule has 102 valence electrons. The molecule has 0 atom stereocenters. The van der Waals surface area contributed by atoms with Crippen LogP contribution in [0.15, 0.2) is 24.7 Å². The lowest BCUT2D eigenvalue weighted by molar-refractivity contribution is 0.577. The van der Waals surface area contributed by atoms with Crippen LogP contribution in [0.5, 0.6) is 0 Å². The molecule has 6 heteroatoms. The van der Waals surface area contributed by atoms with E-state index < -0.39 is 0 Å². The maximum Gasteiger partial charge on any atom is 0.0951 e. The Balaban J connectivity index is 2.17. The van der Waals surface area contributed by atoms with Gasteiger partial charge in [-0.05, 0) is 26.0 Å². The Kier molecular flexibility index (Phi) is 4.61. The summed E-state index contributed by atoms with van der Waals surface area (Å²) < 4.78 is 2.09. The summed E-state index contributed by atoms with van der Waals surface area (Å²) in [7, 11) is 0. The molecule has 0 radical (unpaired) electrons. The standard InChI is InChI=1S/C13H14Cl3N3/c1-8(2)19-7-17-5-10(19)6-18-13-11(15)3-9(14)4-12(13)16/h3-5,7-8,18H,6H2,1-2H3. The summed E-state index contributed by atoms with van der Waals surface area (Å²) in [6.45, 7) is 4.81. The fourth-order valence-corrected chi connectivity index (χ4v) is 2.77. The molecular weight excluding hydrogens is 305 g/mol. The monoisotopic (exact) mass is 317 g/mol. The number of rotatable bonds is 4. The maximum absolute atomic E-state index is 6.12. The Morgan fingerprint density at radius 3 is 2.42 bits per heavy atom. The van der Waals surface area contributed by atoms with Gasteiger partial charge < -0.3 is 9.88 Å². The molecule has 0 saturated carbocycles. The van der Waals surface area contributed by atoms with E-state index in [1.807, 2.05) is 12.5 Å². The van der Waals surface area contributed by atoms with Crippen LogP contribution in [0.1, 0.15) is 25.6 Å². The summed E-state index contributed by atoms with van der Waals surface area (Å²) >= 11 is 18.1. The van der Waals surface area contributed by atoms with Crippen LogP contribution in [-0.2, 0) is 6.54 Å². The molecule has 0 unspecified atom stereocenters. The van der Waals surface area contributed by atoms with E-state index in [-0.39, 0.29) is 0 Å². The van der Waals surface area contributed by atoms with Gasteiger partial charge in [0.2, 0.25) is 0 Å². The summed E-state index contributed by atoms with van der Waals surface area (Å²) in [4.78, 5) is 4.15. The molecule has 0 aliphatic rings. The van der Waals surface area contributed by atoms with Gasteiger partial charge >= 0.3 is 0 Å². The minimum atomic E-state index is 0.357. The van der Waals surface area contributed by atoms with Crippen LogP contribution >= 0.6 is 34.8 Å². The zero-order valence-corrected chi connectivity index (χ0v) is 12.9. The minimum Gasteiger partial charge on any atom is -0.377 e. The first-order chi connectivity index (χ1) is 8.99. The third-order valence-electron chi connectivity index (χ3n) is 2.76. The number of nitrogens with zero attached hydrogens (tertiary/aromatic N) is 2. The van der Waals surface area contributed by atoms with Crippen molar-refractivity contribution in [2.75, 3.05) is 5.32 Å². The molecule has 0 spiro atoms. The van der Waals surface area contributed by atoms with Gasteiger partial charge in [-0.15, -0.1) is 0 Å². The number of hydrogen-bond donors (Lipinski definition) is 1. The molecule has 19 heavy (non-hydrogen) atoms. The fraction of sp³-hybridized carbons (Fsp3) is 0.308. The van der Waals surface area contributed by atoms with Crippen molar-refractivity contribution in [3.63, 3.8) is 0 Å². The molecule has 0 saturated heterocycles. The summed E-state index contributed by atoms with van der Waals surface area (Å²) in [5.74, 6) is 0. The molecule has 0 aliphatic heterocycles. The van der Waals surface area contributed by atoms with Gasteiger partial charge in [0.1, 0.15) is 0 Å². The molecule has 1 aromatic heterocycles. The first-order valence-electron chi connectivity index (χ1n) is 5.88. The third-order valence-corrected chi connectivity index (χ3v) is 3.57. The average molecular weight is 319 g/mol. The Morgan fingerprint density at radius 2 is 1.84 bits per heavy atom. The molecule has 0 bridgehead atoms. The predicted octanol–water partition coefficient (Wildman–Crippen LogP) is 5.04. The summed E-state index contributed by atoms with van der Waals surface area (Å²) in [5, 5.41) is 4.76. The molecular formula is C13H14Cl3N3. The van der Waals surface area contributed by atoms with Gasteiger partial charge in [0, 0.05) is 17.3 Å². The Labute approximate surface area is 127 Å². The number of anilines is 1. The second-order valence-electron chi connectivity index (χ2n) is 4.48. The van der Waals surface area contributed by atoms with E-state index in [9.17, 15) is 0 Å². The summed E-state index contributed by atoms with van der Waals surface area (Å²) in [5.41, 5.74) is 1.75. The molecule has 0 aliphatic carbocycles. The molecule has 2 rings (SSSR count). The largest absolute Gasteiger partial charge is 0.377 e. The van der Waals surface area contributed by atoms with Gasteiger partial charge in [-0.3, -0.25) is 0 Å². The zero-order valence-electron chi connectivity index (χ0n) is 10.6. The lowest BCUT2D eigenvalue weighted by Crippen LogP contribution is -2.09. The number of benzene rings is 1. The van der Waals surface area contributed by atoms with Gasteiger partial charge in [-0.25, -0.2) is 4.98 Å². The van der Waals surface area contributed by atoms with Crippen LogP contribution in [0.4, 0.5) is 5.69 Å². The van der Waals surface area contributed by atoms with Crippen LogP contribution in [0.25, 0.3) is 0 Å². The summed E-state index contributed by atoms with van der Waals surface area (Å²) in [6, 6.07) is 3.68. The SMILES string of the molecule is CC(C)n1cncc1CNc1c(Cl)cc(Cl)cc1Cl. The van der Waals surface area contributed by atoms with Crippen molar-refractivity contribution in [1.29, 1.82) is 0 Å². The fourth-order valence-electron chi connectivity index (χ4n) is 1.82. The quantitative estimate of drug-likeness (QED) is 0.856. The highest BCUT2D eigenvalue weighted by atomic mass is 35.5. The first-order valence-corrected chi connectivity index (χ1v) is 7.01. The highest BCUT2D eigenvalue weighted by Gasteiger charge is 2.10. The molecule has 0 amide bonds. The van der Waals surface area contributed by atoms with Crippen LogP contribution < -0.4 is 5.32 Å². The summed E-state index contributed by atoms with van der Waals surface area (Å²) in [6.07, 6.45) is 3.64. The maximum atomic E-state index is 6.12. The van der Waals surface area contributed by atoms with E-state index in [0.29, 0.717) is 33.3 Å². The van der Waals surface area contributed by atoms with Crippen LogP contribution in [-0.4, -0.2) is 9.55 Å². The molecule has 1 aromatic carbocycles. The van der Waals surface area contributed by atoms with Crippen molar-refractivity contribution in [2.45, 2.75) is 26.4 Å². The second-order valence-corrected chi connectivity index (χ2v) is 5.73. The van der Waals surface area contributed by atoms with Crippen molar-refractivity contribution < 1.29 is 0 Å². The lowest BCUT2D eigenvalue weighted by atomic mass is 10.3. The van der Waals surface area contributed by atoms with E-state index in [1.54, 1.807) is 12.1 Å². The Hall–Kier alpha value is -0.900. The zero-order chi connectivity index (χ0) is 14.0. The number of halogens is 3. The first kappa shape index (κ1) is 14.5. The molecule has 3 nitrogen and oxygen atoms in total. The predicted molar refractivity (Wildman–Crippen MR) is 81.4 cm³/mol. The molecule has 2 aromatic rings. The normalized spacial score (nSPS) is 11.1. The van der Waals surface area contributed by atoms with E-state index in [2.05, 4.69) is 28.7 Å². The lowest BCUT2D eigenvalue weighted by Gasteiger charge is -2.14. The van der Waals surface area contributed by atoms with Crippen LogP contribution in [0.3, 0.4) is 0 Å². The second kappa shape index (κ2) is 6.04. The number of imidazole rings is 1.